The van der Waals surface area contributed by atoms with Gasteiger partial charge in [0.05, 0.1) is 29.3 Å². The van der Waals surface area contributed by atoms with Gasteiger partial charge in [0, 0.05) is 49.4 Å². The van der Waals surface area contributed by atoms with Gasteiger partial charge in [-0.2, -0.15) is 0 Å². The Balaban J connectivity index is 1.05. The number of anilines is 1. The number of para-hydroxylation sites is 1. The average Bonchev–Trinajstić information content (AvgIpc) is 3.50. The number of benzene rings is 2. The average molecular weight is 615 g/mol. The monoisotopic (exact) mass is 614 g/mol. The number of carbonyl (C=O) groups is 1. The molecule has 2 fully saturated rings. The van der Waals surface area contributed by atoms with Gasteiger partial charge in [-0.3, -0.25) is 9.89 Å². The van der Waals surface area contributed by atoms with Crippen LogP contribution in [-0.2, 0) is 9.53 Å². The number of ether oxygens (including phenoxy) is 3. The van der Waals surface area contributed by atoms with Gasteiger partial charge in [-0.1, -0.05) is 35.5 Å². The molecular weight excluding hydrogens is 583 g/mol. The largest absolute Gasteiger partial charge is 0.485 e. The molecule has 2 saturated heterocycles. The molecule has 9 nitrogen and oxygen atoms in total. The maximum absolute atomic E-state index is 14.7. The molecule has 0 spiro atoms. The van der Waals surface area contributed by atoms with Gasteiger partial charge in [0.15, 0.2) is 17.6 Å². The van der Waals surface area contributed by atoms with Crippen LogP contribution >= 0.6 is 23.4 Å². The van der Waals surface area contributed by atoms with Gasteiger partial charge < -0.3 is 29.1 Å². The number of fused-ring (bicyclic) bond motifs is 2. The van der Waals surface area contributed by atoms with E-state index in [4.69, 9.17) is 30.8 Å². The number of carboxylic acid groups (broad SMARTS) is 1. The molecule has 3 unspecified atom stereocenters. The van der Waals surface area contributed by atoms with Crippen molar-refractivity contribution >= 4 is 40.9 Å². The predicted molar refractivity (Wildman–Crippen MR) is 159 cm³/mol. The minimum absolute atomic E-state index is 0.0525. The van der Waals surface area contributed by atoms with Gasteiger partial charge in [-0.15, -0.1) is 0 Å². The van der Waals surface area contributed by atoms with Crippen LogP contribution in [0, 0.1) is 5.82 Å². The van der Waals surface area contributed by atoms with Gasteiger partial charge >= 0.3 is 5.97 Å². The van der Waals surface area contributed by atoms with Crippen molar-refractivity contribution in [2.75, 3.05) is 50.8 Å². The van der Waals surface area contributed by atoms with Crippen LogP contribution in [0.5, 0.6) is 11.5 Å². The fourth-order valence-corrected chi connectivity index (χ4v) is 7.50. The highest BCUT2D eigenvalue weighted by atomic mass is 35.5. The summed E-state index contributed by atoms with van der Waals surface area (Å²) in [5.74, 6) is 0.972. The fourth-order valence-electron chi connectivity index (χ4n) is 6.22. The molecule has 12 heteroatoms. The van der Waals surface area contributed by atoms with E-state index in [0.717, 1.165) is 50.7 Å². The van der Waals surface area contributed by atoms with Crippen molar-refractivity contribution in [2.45, 2.75) is 43.0 Å². The number of amidine groups is 1. The van der Waals surface area contributed by atoms with Crippen LogP contribution in [0.2, 0.25) is 5.02 Å². The van der Waals surface area contributed by atoms with Crippen LogP contribution in [0.4, 0.5) is 10.1 Å². The van der Waals surface area contributed by atoms with Crippen LogP contribution in [0.1, 0.15) is 25.0 Å². The molecule has 222 valence electrons. The standard InChI is InChI=1S/C30H32ClFN4O5S/c1-17-13-35(22-3-2-4-24-28(22)41-25(16-40-24)20-6-5-18(31)11-21(20)32)9-8-34(17)15-27-33-29-23(12-26(42-29)30(37)38)36(27)14-19-7-10-39-19/h2-6,11-12,17,19,23,25,29H,7-10,13-16H2,1H3,(H,37,38)/t17-,19?,23?,25+,29?/m0/s1. The minimum Gasteiger partial charge on any atom is -0.485 e. The summed E-state index contributed by atoms with van der Waals surface area (Å²) in [6, 6.07) is 10.6. The van der Waals surface area contributed by atoms with E-state index in [-0.39, 0.29) is 30.2 Å². The van der Waals surface area contributed by atoms with E-state index in [1.807, 2.05) is 24.3 Å². The number of aliphatic carboxylic acids is 1. The summed E-state index contributed by atoms with van der Waals surface area (Å²) in [4.78, 5) is 23.9. The van der Waals surface area contributed by atoms with E-state index >= 15 is 0 Å². The quantitative estimate of drug-likeness (QED) is 0.487. The van der Waals surface area contributed by atoms with Crippen molar-refractivity contribution in [3.63, 3.8) is 0 Å². The smallest absolute Gasteiger partial charge is 0.341 e. The Morgan fingerprint density at radius 3 is 2.86 bits per heavy atom. The maximum atomic E-state index is 14.7. The molecule has 0 aliphatic carbocycles. The number of rotatable bonds is 7. The first-order valence-electron chi connectivity index (χ1n) is 14.3. The van der Waals surface area contributed by atoms with Crippen molar-refractivity contribution in [2.24, 2.45) is 4.99 Å². The second kappa shape index (κ2) is 11.3. The van der Waals surface area contributed by atoms with Gasteiger partial charge in [0.2, 0.25) is 0 Å². The summed E-state index contributed by atoms with van der Waals surface area (Å²) in [6.07, 6.45) is 2.44. The zero-order valence-electron chi connectivity index (χ0n) is 23.1. The van der Waals surface area contributed by atoms with Crippen LogP contribution in [0.15, 0.2) is 52.4 Å². The first kappa shape index (κ1) is 27.8. The molecule has 5 atom stereocenters. The Morgan fingerprint density at radius 2 is 2.12 bits per heavy atom. The van der Waals surface area contributed by atoms with E-state index in [9.17, 15) is 14.3 Å². The summed E-state index contributed by atoms with van der Waals surface area (Å²) in [5.41, 5.74) is 1.35. The fraction of sp³-hybridized carbons (Fsp3) is 0.467. The van der Waals surface area contributed by atoms with Gasteiger partial charge in [0.25, 0.3) is 0 Å². The number of thioether (sulfide) groups is 1. The highest BCUT2D eigenvalue weighted by Crippen LogP contribution is 2.45. The number of nitrogens with zero attached hydrogens (tertiary/aromatic N) is 4. The molecule has 7 rings (SSSR count). The Hall–Kier alpha value is -2.99. The third kappa shape index (κ3) is 5.21. The van der Waals surface area contributed by atoms with E-state index < -0.39 is 17.9 Å². The van der Waals surface area contributed by atoms with Crippen LogP contribution < -0.4 is 14.4 Å². The first-order valence-corrected chi connectivity index (χ1v) is 15.5. The molecule has 0 radical (unpaired) electrons. The molecule has 0 aromatic heterocycles. The SMILES string of the molecule is C[C@H]1CN(c2cccc3c2O[C@@H](c2ccc(Cl)cc2F)CO3)CCN1CC1=NC2SC(C(=O)O)=CC2N1CC1CCO1. The van der Waals surface area contributed by atoms with Gasteiger partial charge in [-0.25, -0.2) is 9.18 Å². The van der Waals surface area contributed by atoms with Gasteiger partial charge in [0.1, 0.15) is 23.6 Å². The summed E-state index contributed by atoms with van der Waals surface area (Å²) in [6.45, 7) is 6.96. The molecule has 2 aromatic carbocycles. The predicted octanol–water partition coefficient (Wildman–Crippen LogP) is 4.42. The Labute approximate surface area is 252 Å². The third-order valence-electron chi connectivity index (χ3n) is 8.60. The second-order valence-corrected chi connectivity index (χ2v) is 12.9. The number of hydrogen-bond donors (Lipinski definition) is 1. The minimum atomic E-state index is -0.891. The molecule has 1 N–H and O–H groups in total. The zero-order valence-corrected chi connectivity index (χ0v) is 24.7. The molecule has 5 heterocycles. The van der Waals surface area contributed by atoms with Crippen LogP contribution in [0.3, 0.4) is 0 Å². The zero-order chi connectivity index (χ0) is 29.0. The first-order chi connectivity index (χ1) is 20.3. The lowest BCUT2D eigenvalue weighted by molar-refractivity contribution is -0.131. The molecule has 5 aliphatic rings. The van der Waals surface area contributed by atoms with E-state index in [0.29, 0.717) is 33.5 Å². The third-order valence-corrected chi connectivity index (χ3v) is 10.0. The normalized spacial score (nSPS) is 28.7. The van der Waals surface area contributed by atoms with Crippen molar-refractivity contribution in [1.82, 2.24) is 9.80 Å². The van der Waals surface area contributed by atoms with Crippen molar-refractivity contribution in [3.8, 4) is 11.5 Å². The molecule has 0 bridgehead atoms. The number of aliphatic imine (C=N–C) groups is 1. The summed E-state index contributed by atoms with van der Waals surface area (Å²) >= 11 is 7.29. The van der Waals surface area contributed by atoms with E-state index in [1.54, 1.807) is 12.1 Å². The maximum Gasteiger partial charge on any atom is 0.341 e. The van der Waals surface area contributed by atoms with Gasteiger partial charge in [-0.05, 0) is 43.7 Å². The topological polar surface area (TPSA) is 87.1 Å². The van der Waals surface area contributed by atoms with E-state index in [2.05, 4.69) is 21.6 Å². The molecule has 5 aliphatic heterocycles. The molecular formula is C30H32ClFN4O5S. The Bertz CT molecular complexity index is 1450. The highest BCUT2D eigenvalue weighted by Gasteiger charge is 2.44. The Kier molecular flexibility index (Phi) is 7.46. The molecule has 0 amide bonds. The Morgan fingerprint density at radius 1 is 1.26 bits per heavy atom. The number of carboxylic acids is 1. The highest BCUT2D eigenvalue weighted by molar-refractivity contribution is 8.04. The molecule has 42 heavy (non-hydrogen) atoms. The summed E-state index contributed by atoms with van der Waals surface area (Å²) in [7, 11) is 0. The second-order valence-electron chi connectivity index (χ2n) is 11.3. The summed E-state index contributed by atoms with van der Waals surface area (Å²) < 4.78 is 32.8. The molecule has 0 saturated carbocycles. The van der Waals surface area contributed by atoms with Crippen LogP contribution in [0.25, 0.3) is 0 Å². The molecule has 2 aromatic rings. The van der Waals surface area contributed by atoms with Crippen LogP contribution in [-0.4, -0.2) is 96.2 Å². The van der Waals surface area contributed by atoms with Crippen molar-refractivity contribution in [3.05, 3.63) is 63.8 Å². The van der Waals surface area contributed by atoms with Crippen molar-refractivity contribution < 1.29 is 28.5 Å². The lowest BCUT2D eigenvalue weighted by Crippen LogP contribution is -2.55. The van der Waals surface area contributed by atoms with E-state index in [1.165, 1.54) is 17.8 Å². The van der Waals surface area contributed by atoms with Crippen molar-refractivity contribution in [1.29, 1.82) is 0 Å². The lowest BCUT2D eigenvalue weighted by atomic mass is 10.1. The number of halogens is 2. The number of hydrogen-bond acceptors (Lipinski definition) is 9. The lowest BCUT2D eigenvalue weighted by Gasteiger charge is -2.43. The number of piperazine rings is 1. The summed E-state index contributed by atoms with van der Waals surface area (Å²) in [5, 5.41) is 9.72.